The average Bonchev–Trinajstić information content (AvgIpc) is 3.22. The Morgan fingerprint density at radius 3 is 2.52 bits per heavy atom. The van der Waals surface area contributed by atoms with E-state index in [1.165, 1.54) is 22.4 Å². The first kappa shape index (κ1) is 25.6. The van der Waals surface area contributed by atoms with Gasteiger partial charge in [-0.3, -0.25) is 14.1 Å². The minimum Gasteiger partial charge on any atom is -0.479 e. The van der Waals surface area contributed by atoms with Gasteiger partial charge in [0.25, 0.3) is 0 Å². The number of rotatable bonds is 4. The van der Waals surface area contributed by atoms with Crippen molar-refractivity contribution in [3.63, 3.8) is 0 Å². The van der Waals surface area contributed by atoms with Crippen molar-refractivity contribution >= 4 is 33.6 Å². The summed E-state index contributed by atoms with van der Waals surface area (Å²) in [5, 5.41) is 3.87. The van der Waals surface area contributed by atoms with Crippen LogP contribution in [0.15, 0.2) is 53.6 Å². The lowest BCUT2D eigenvalue weighted by Gasteiger charge is -2.28. The van der Waals surface area contributed by atoms with Gasteiger partial charge in [-0.15, -0.1) is 0 Å². The SMILES string of the molecule is COc1nc(N2CCNCC2)ccc1-n1c(=O)n(C)c2cnc3ccc(-c4cnc(N)c(C(F)(F)F)c4)cc3c21. The van der Waals surface area contributed by atoms with E-state index in [0.29, 0.717) is 33.2 Å². The Balaban J connectivity index is 1.57. The van der Waals surface area contributed by atoms with E-state index in [9.17, 15) is 18.0 Å². The first-order chi connectivity index (χ1) is 19.2. The molecule has 4 aromatic heterocycles. The van der Waals surface area contributed by atoms with Crippen LogP contribution in [0.5, 0.6) is 5.88 Å². The number of nitrogens with zero attached hydrogens (tertiary/aromatic N) is 6. The van der Waals surface area contributed by atoms with Gasteiger partial charge in [-0.05, 0) is 35.9 Å². The molecule has 13 heteroatoms. The lowest BCUT2D eigenvalue weighted by atomic mass is 10.0. The Hall–Kier alpha value is -4.65. The van der Waals surface area contributed by atoms with E-state index in [2.05, 4.69) is 20.2 Å². The molecule has 6 rings (SSSR count). The molecule has 0 bridgehead atoms. The minimum absolute atomic E-state index is 0.227. The quantitative estimate of drug-likeness (QED) is 0.350. The van der Waals surface area contributed by atoms with Crippen molar-refractivity contribution in [3.8, 4) is 22.7 Å². The highest BCUT2D eigenvalue weighted by molar-refractivity contribution is 6.04. The highest BCUT2D eigenvalue weighted by Gasteiger charge is 2.34. The van der Waals surface area contributed by atoms with Crippen molar-refractivity contribution in [1.29, 1.82) is 0 Å². The summed E-state index contributed by atoms with van der Waals surface area (Å²) in [6.07, 6.45) is -1.77. The summed E-state index contributed by atoms with van der Waals surface area (Å²) in [4.78, 5) is 28.7. The Morgan fingerprint density at radius 1 is 1.02 bits per heavy atom. The predicted octanol–water partition coefficient (Wildman–Crippen LogP) is 3.35. The van der Waals surface area contributed by atoms with Crippen LogP contribution in [0.4, 0.5) is 24.8 Å². The van der Waals surface area contributed by atoms with Gasteiger partial charge in [0.1, 0.15) is 17.3 Å². The average molecular weight is 551 g/mol. The number of alkyl halides is 3. The third kappa shape index (κ3) is 4.18. The van der Waals surface area contributed by atoms with Crippen molar-refractivity contribution < 1.29 is 17.9 Å². The Kier molecular flexibility index (Phi) is 6.10. The molecule has 0 spiro atoms. The number of aryl methyl sites for hydroxylation is 1. The van der Waals surface area contributed by atoms with Crippen molar-refractivity contribution in [2.24, 2.45) is 7.05 Å². The number of nitrogens with one attached hydrogen (secondary N) is 1. The molecule has 1 aromatic carbocycles. The first-order valence-corrected chi connectivity index (χ1v) is 12.5. The minimum atomic E-state index is -4.65. The molecule has 0 aliphatic carbocycles. The third-order valence-electron chi connectivity index (χ3n) is 7.14. The Bertz CT molecular complexity index is 1820. The highest BCUT2D eigenvalue weighted by Crippen LogP contribution is 2.37. The number of nitrogens with two attached hydrogens (primary N) is 1. The molecule has 0 unspecified atom stereocenters. The highest BCUT2D eigenvalue weighted by atomic mass is 19.4. The third-order valence-corrected chi connectivity index (χ3v) is 7.14. The topological polar surface area (TPSA) is 116 Å². The molecule has 1 aliphatic rings. The lowest BCUT2D eigenvalue weighted by Crippen LogP contribution is -2.43. The molecule has 206 valence electrons. The molecule has 3 N–H and O–H groups in total. The summed E-state index contributed by atoms with van der Waals surface area (Å²) in [7, 11) is 3.13. The van der Waals surface area contributed by atoms with E-state index in [1.54, 1.807) is 37.5 Å². The van der Waals surface area contributed by atoms with Crippen LogP contribution in [-0.2, 0) is 13.2 Å². The van der Waals surface area contributed by atoms with Gasteiger partial charge in [0.2, 0.25) is 5.88 Å². The van der Waals surface area contributed by atoms with E-state index >= 15 is 0 Å². The summed E-state index contributed by atoms with van der Waals surface area (Å²) in [6, 6.07) is 9.66. The van der Waals surface area contributed by atoms with Gasteiger partial charge in [-0.25, -0.2) is 9.78 Å². The standard InChI is InChI=1S/C27H25F3N8O2/c1-36-21-14-33-19-4-3-15(16-12-18(27(28,29)30)24(31)34-13-16)11-17(19)23(21)38(26(36)39)20-5-6-22(35-25(20)40-2)37-9-7-32-8-10-37/h3-6,11-14,32H,7-10H2,1-2H3,(H2,31,34). The molecule has 0 saturated carbocycles. The van der Waals surface area contributed by atoms with Crippen LogP contribution < -0.4 is 26.4 Å². The molecular formula is C27H25F3N8O2. The van der Waals surface area contributed by atoms with Gasteiger partial charge in [-0.2, -0.15) is 18.2 Å². The molecular weight excluding hydrogens is 525 g/mol. The smallest absolute Gasteiger partial charge is 0.419 e. The second-order valence-electron chi connectivity index (χ2n) is 9.49. The number of methoxy groups -OCH3 is 1. The van der Waals surface area contributed by atoms with Crippen molar-refractivity contribution in [3.05, 3.63) is 64.8 Å². The number of hydrogen-bond donors (Lipinski definition) is 2. The molecule has 1 aliphatic heterocycles. The van der Waals surface area contributed by atoms with Gasteiger partial charge in [0.15, 0.2) is 0 Å². The van der Waals surface area contributed by atoms with Gasteiger partial charge >= 0.3 is 11.9 Å². The Morgan fingerprint density at radius 2 is 1.80 bits per heavy atom. The number of aromatic nitrogens is 5. The maximum absolute atomic E-state index is 13.6. The fraction of sp³-hybridized carbons (Fsp3) is 0.259. The summed E-state index contributed by atoms with van der Waals surface area (Å²) >= 11 is 0. The summed E-state index contributed by atoms with van der Waals surface area (Å²) < 4.78 is 49.2. The number of fused-ring (bicyclic) bond motifs is 3. The molecule has 1 saturated heterocycles. The molecule has 40 heavy (non-hydrogen) atoms. The zero-order valence-corrected chi connectivity index (χ0v) is 21.7. The van der Waals surface area contributed by atoms with E-state index in [0.717, 1.165) is 38.1 Å². The number of imidazole rings is 1. The largest absolute Gasteiger partial charge is 0.479 e. The van der Waals surface area contributed by atoms with Crippen LogP contribution in [0.3, 0.4) is 0 Å². The van der Waals surface area contributed by atoms with Gasteiger partial charge < -0.3 is 20.7 Å². The van der Waals surface area contributed by atoms with Crippen LogP contribution in [0.1, 0.15) is 5.56 Å². The van der Waals surface area contributed by atoms with E-state index in [-0.39, 0.29) is 17.1 Å². The summed E-state index contributed by atoms with van der Waals surface area (Å²) in [5.41, 5.74) is 6.87. The fourth-order valence-corrected chi connectivity index (χ4v) is 5.07. The number of hydrogen-bond acceptors (Lipinski definition) is 8. The van der Waals surface area contributed by atoms with Crippen LogP contribution in [0, 0.1) is 0 Å². The first-order valence-electron chi connectivity index (χ1n) is 12.5. The zero-order chi connectivity index (χ0) is 28.2. The maximum atomic E-state index is 13.6. The van der Waals surface area contributed by atoms with Crippen molar-refractivity contribution in [2.75, 3.05) is 43.9 Å². The molecule has 5 aromatic rings. The van der Waals surface area contributed by atoms with Crippen LogP contribution >= 0.6 is 0 Å². The number of piperazine rings is 1. The number of ether oxygens (including phenoxy) is 1. The number of nitrogen functional groups attached to an aromatic ring is 1. The maximum Gasteiger partial charge on any atom is 0.419 e. The van der Waals surface area contributed by atoms with Gasteiger partial charge in [0.05, 0.1) is 35.4 Å². The zero-order valence-electron chi connectivity index (χ0n) is 21.7. The van der Waals surface area contributed by atoms with E-state index in [1.807, 2.05) is 6.07 Å². The summed E-state index contributed by atoms with van der Waals surface area (Å²) in [6.45, 7) is 3.26. The normalized spacial score (nSPS) is 14.3. The number of benzene rings is 1. The van der Waals surface area contributed by atoms with Gasteiger partial charge in [-0.1, -0.05) is 6.07 Å². The molecule has 0 radical (unpaired) electrons. The van der Waals surface area contributed by atoms with Crippen molar-refractivity contribution in [1.82, 2.24) is 29.4 Å². The van der Waals surface area contributed by atoms with Crippen LogP contribution in [-0.4, -0.2) is 57.4 Å². The molecule has 5 heterocycles. The molecule has 10 nitrogen and oxygen atoms in total. The lowest BCUT2D eigenvalue weighted by molar-refractivity contribution is -0.137. The summed E-state index contributed by atoms with van der Waals surface area (Å²) in [5.74, 6) is 0.409. The fourth-order valence-electron chi connectivity index (χ4n) is 5.07. The second kappa shape index (κ2) is 9.52. The molecule has 1 fully saturated rings. The predicted molar refractivity (Wildman–Crippen MR) is 146 cm³/mol. The van der Waals surface area contributed by atoms with Crippen LogP contribution in [0.25, 0.3) is 38.8 Å². The number of pyridine rings is 3. The Labute approximate surface area is 225 Å². The van der Waals surface area contributed by atoms with E-state index < -0.39 is 17.6 Å². The molecule has 0 atom stereocenters. The van der Waals surface area contributed by atoms with E-state index in [4.69, 9.17) is 15.5 Å². The molecule has 0 amide bonds. The van der Waals surface area contributed by atoms with Gasteiger partial charge in [0, 0.05) is 50.4 Å². The number of halogens is 3. The van der Waals surface area contributed by atoms with Crippen molar-refractivity contribution in [2.45, 2.75) is 6.18 Å². The van der Waals surface area contributed by atoms with Crippen LogP contribution in [0.2, 0.25) is 0 Å². The monoisotopic (exact) mass is 550 g/mol. The number of anilines is 2. The second-order valence-corrected chi connectivity index (χ2v) is 9.49.